The molecule has 0 N–H and O–H groups in total. The molecule has 1 aromatic carbocycles. The van der Waals surface area contributed by atoms with Crippen LogP contribution in [0.4, 0.5) is 0 Å². The molecule has 154 valence electrons. The molecule has 0 unspecified atom stereocenters. The topological polar surface area (TPSA) is 52.4 Å². The summed E-state index contributed by atoms with van der Waals surface area (Å²) >= 11 is 0. The molecule has 2 heterocycles. The van der Waals surface area contributed by atoms with E-state index in [4.69, 9.17) is 9.47 Å². The summed E-state index contributed by atoms with van der Waals surface area (Å²) in [5.74, 6) is 6.56. The van der Waals surface area contributed by atoms with Crippen LogP contribution >= 0.6 is 0 Å². The van der Waals surface area contributed by atoms with Gasteiger partial charge in [0.15, 0.2) is 6.29 Å². The van der Waals surface area contributed by atoms with Gasteiger partial charge in [-0.1, -0.05) is 37.0 Å². The second-order valence-corrected chi connectivity index (χ2v) is 9.02. The summed E-state index contributed by atoms with van der Waals surface area (Å²) in [5, 5.41) is 8.59. The fourth-order valence-corrected chi connectivity index (χ4v) is 3.44. The highest BCUT2D eigenvalue weighted by Crippen LogP contribution is 2.26. The Hall–Kier alpha value is -2.20. The maximum absolute atomic E-state index is 5.79. The van der Waals surface area contributed by atoms with Gasteiger partial charge in [-0.15, -0.1) is 5.10 Å². The molecule has 0 radical (unpaired) electrons. The number of hydrogen-bond donors (Lipinski definition) is 0. The van der Waals surface area contributed by atoms with Gasteiger partial charge in [0.25, 0.3) is 0 Å². The Balaban J connectivity index is 1.38. The van der Waals surface area contributed by atoms with Gasteiger partial charge in [0.2, 0.25) is 0 Å². The summed E-state index contributed by atoms with van der Waals surface area (Å²) in [6.07, 6.45) is 4.29. The summed E-state index contributed by atoms with van der Waals surface area (Å²) in [6, 6.07) is 7.00. The van der Waals surface area contributed by atoms with E-state index in [-0.39, 0.29) is 11.7 Å². The molecule has 1 saturated carbocycles. The molecule has 4 rings (SSSR count). The number of hydrogen-bond acceptors (Lipinski definition) is 5. The molecule has 0 atom stereocenters. The van der Waals surface area contributed by atoms with Crippen LogP contribution in [0, 0.1) is 24.2 Å². The molecular weight excluding hydrogens is 364 g/mol. The van der Waals surface area contributed by atoms with Crippen molar-refractivity contribution in [1.29, 1.82) is 0 Å². The summed E-state index contributed by atoms with van der Waals surface area (Å²) in [4.78, 5) is 2.33. The normalized spacial score (nSPS) is 19.2. The zero-order chi connectivity index (χ0) is 20.4. The van der Waals surface area contributed by atoms with Crippen molar-refractivity contribution in [3.8, 4) is 23.1 Å². The second kappa shape index (κ2) is 8.27. The predicted molar refractivity (Wildman–Crippen MR) is 112 cm³/mol. The van der Waals surface area contributed by atoms with Crippen molar-refractivity contribution in [1.82, 2.24) is 19.9 Å². The van der Waals surface area contributed by atoms with Crippen LogP contribution in [0.2, 0.25) is 0 Å². The lowest BCUT2D eigenvalue weighted by molar-refractivity contribution is -0.227. The third kappa shape index (κ3) is 5.24. The van der Waals surface area contributed by atoms with E-state index in [0.29, 0.717) is 19.8 Å². The standard InChI is InChI=1S/C23H30N4O2/c1-17-12-18(6-5-11-26(4)19-8-9-19)7-10-20(17)21-13-27(25-24-21)14-22-28-15-23(2,3)16-29-22/h7,10,12-13,19,22H,8-9,11,14-16H2,1-4H3. The van der Waals surface area contributed by atoms with Crippen molar-refractivity contribution in [2.75, 3.05) is 26.8 Å². The molecule has 0 amide bonds. The van der Waals surface area contributed by atoms with E-state index in [2.05, 4.69) is 73.1 Å². The van der Waals surface area contributed by atoms with Crippen LogP contribution in [0.5, 0.6) is 0 Å². The molecule has 0 spiro atoms. The number of aryl methyl sites for hydroxylation is 1. The van der Waals surface area contributed by atoms with Gasteiger partial charge >= 0.3 is 0 Å². The van der Waals surface area contributed by atoms with E-state index < -0.39 is 0 Å². The van der Waals surface area contributed by atoms with Gasteiger partial charge in [-0.05, 0) is 44.5 Å². The van der Waals surface area contributed by atoms with Crippen LogP contribution in [-0.2, 0) is 16.0 Å². The van der Waals surface area contributed by atoms with Gasteiger partial charge in [-0.2, -0.15) is 0 Å². The first-order valence-corrected chi connectivity index (χ1v) is 10.3. The van der Waals surface area contributed by atoms with E-state index >= 15 is 0 Å². The van der Waals surface area contributed by atoms with E-state index in [0.717, 1.165) is 35.0 Å². The molecule has 0 bridgehead atoms. The first kappa shape index (κ1) is 20.1. The molecule has 2 aliphatic rings. The van der Waals surface area contributed by atoms with Crippen molar-refractivity contribution in [3.05, 3.63) is 35.5 Å². The van der Waals surface area contributed by atoms with Crippen molar-refractivity contribution in [3.63, 3.8) is 0 Å². The van der Waals surface area contributed by atoms with Gasteiger partial charge in [0, 0.05) is 22.6 Å². The fourth-order valence-electron chi connectivity index (χ4n) is 3.44. The van der Waals surface area contributed by atoms with Gasteiger partial charge in [0.05, 0.1) is 32.5 Å². The summed E-state index contributed by atoms with van der Waals surface area (Å²) in [7, 11) is 2.15. The number of nitrogens with zero attached hydrogens (tertiary/aromatic N) is 4. The van der Waals surface area contributed by atoms with Crippen LogP contribution in [0.15, 0.2) is 24.4 Å². The third-order valence-electron chi connectivity index (χ3n) is 5.43. The van der Waals surface area contributed by atoms with Crippen LogP contribution in [0.25, 0.3) is 11.3 Å². The minimum absolute atomic E-state index is 0.0685. The molecule has 1 aromatic heterocycles. The highest BCUT2D eigenvalue weighted by atomic mass is 16.7. The van der Waals surface area contributed by atoms with Crippen LogP contribution in [0.3, 0.4) is 0 Å². The smallest absolute Gasteiger partial charge is 0.177 e. The predicted octanol–water partition coefficient (Wildman–Crippen LogP) is 3.10. The Labute approximate surface area is 173 Å². The average molecular weight is 395 g/mol. The molecule has 29 heavy (non-hydrogen) atoms. The van der Waals surface area contributed by atoms with E-state index in [1.165, 1.54) is 12.8 Å². The lowest BCUT2D eigenvalue weighted by Crippen LogP contribution is -2.39. The second-order valence-electron chi connectivity index (χ2n) is 9.02. The molecule has 2 fully saturated rings. The Morgan fingerprint density at radius 2 is 2.00 bits per heavy atom. The van der Waals surface area contributed by atoms with Crippen molar-refractivity contribution >= 4 is 0 Å². The van der Waals surface area contributed by atoms with Crippen molar-refractivity contribution in [2.24, 2.45) is 5.41 Å². The fraction of sp³-hybridized carbons (Fsp3) is 0.565. The van der Waals surface area contributed by atoms with Gasteiger partial charge in [0.1, 0.15) is 5.69 Å². The molecule has 1 aliphatic heterocycles. The quantitative estimate of drug-likeness (QED) is 0.730. The summed E-state index contributed by atoms with van der Waals surface area (Å²) < 4.78 is 13.4. The number of rotatable bonds is 5. The van der Waals surface area contributed by atoms with Gasteiger partial charge in [-0.3, -0.25) is 4.90 Å². The lowest BCUT2D eigenvalue weighted by atomic mass is 9.96. The number of ether oxygens (including phenoxy) is 2. The SMILES string of the molecule is Cc1cc(C#CCN(C)C2CC2)ccc1-c1cn(CC2OCC(C)(C)CO2)nn1. The summed E-state index contributed by atoms with van der Waals surface area (Å²) in [6.45, 7) is 9.11. The number of aromatic nitrogens is 3. The van der Waals surface area contributed by atoms with Gasteiger partial charge < -0.3 is 9.47 Å². The first-order chi connectivity index (χ1) is 13.9. The first-order valence-electron chi connectivity index (χ1n) is 10.3. The monoisotopic (exact) mass is 394 g/mol. The molecule has 2 aromatic rings. The lowest BCUT2D eigenvalue weighted by Gasteiger charge is -2.34. The third-order valence-corrected chi connectivity index (χ3v) is 5.43. The largest absolute Gasteiger partial charge is 0.350 e. The molecule has 1 saturated heterocycles. The van der Waals surface area contributed by atoms with Crippen LogP contribution in [-0.4, -0.2) is 59.0 Å². The van der Waals surface area contributed by atoms with E-state index in [1.54, 1.807) is 4.68 Å². The number of benzene rings is 1. The highest BCUT2D eigenvalue weighted by molar-refractivity contribution is 5.64. The average Bonchev–Trinajstić information content (AvgIpc) is 3.44. The van der Waals surface area contributed by atoms with E-state index in [9.17, 15) is 0 Å². The minimum Gasteiger partial charge on any atom is -0.350 e. The molecular formula is C23H30N4O2. The Kier molecular flexibility index (Phi) is 5.73. The molecule has 6 heteroatoms. The van der Waals surface area contributed by atoms with Crippen molar-refractivity contribution < 1.29 is 9.47 Å². The summed E-state index contributed by atoms with van der Waals surface area (Å²) in [5.41, 5.74) is 4.18. The minimum atomic E-state index is -0.273. The molecule has 6 nitrogen and oxygen atoms in total. The van der Waals surface area contributed by atoms with Crippen molar-refractivity contribution in [2.45, 2.75) is 52.5 Å². The molecule has 1 aliphatic carbocycles. The highest BCUT2D eigenvalue weighted by Gasteiger charge is 2.28. The Morgan fingerprint density at radius 1 is 1.24 bits per heavy atom. The Morgan fingerprint density at radius 3 is 2.69 bits per heavy atom. The Bertz CT molecular complexity index is 910. The van der Waals surface area contributed by atoms with Crippen LogP contribution in [0.1, 0.15) is 37.8 Å². The zero-order valence-corrected chi connectivity index (χ0v) is 17.8. The zero-order valence-electron chi connectivity index (χ0n) is 17.8. The van der Waals surface area contributed by atoms with Crippen LogP contribution < -0.4 is 0 Å². The maximum Gasteiger partial charge on any atom is 0.177 e. The van der Waals surface area contributed by atoms with E-state index in [1.807, 2.05) is 6.20 Å². The van der Waals surface area contributed by atoms with Gasteiger partial charge in [-0.25, -0.2) is 4.68 Å². The maximum atomic E-state index is 5.79.